The van der Waals surface area contributed by atoms with E-state index < -0.39 is 4.92 Å². The number of non-ortho nitro benzene ring substituents is 1. The molecule has 10 heteroatoms. The van der Waals surface area contributed by atoms with Crippen LogP contribution in [0.15, 0.2) is 77.8 Å². The number of hydrogen-bond acceptors (Lipinski definition) is 5. The van der Waals surface area contributed by atoms with Gasteiger partial charge >= 0.3 is 0 Å². The number of benzene rings is 3. The summed E-state index contributed by atoms with van der Waals surface area (Å²) in [6.45, 7) is 0.522. The number of nitro benzene ring substituents is 1. The summed E-state index contributed by atoms with van der Waals surface area (Å²) in [6, 6.07) is 19.3. The van der Waals surface area contributed by atoms with Gasteiger partial charge in [0.25, 0.3) is 11.6 Å². The summed E-state index contributed by atoms with van der Waals surface area (Å²) in [5.74, 6) is -0.253. The highest BCUT2D eigenvalue weighted by Crippen LogP contribution is 2.40. The maximum absolute atomic E-state index is 13.3. The highest BCUT2D eigenvalue weighted by atomic mass is 35.5. The van der Waals surface area contributed by atoms with Crippen molar-refractivity contribution in [2.24, 2.45) is 0 Å². The summed E-state index contributed by atoms with van der Waals surface area (Å²) < 4.78 is 2.44. The zero-order chi connectivity index (χ0) is 24.7. The molecule has 6 nitrogen and oxygen atoms in total. The lowest BCUT2D eigenvalue weighted by Crippen LogP contribution is -2.27. The Kier molecular flexibility index (Phi) is 6.37. The molecule has 1 fully saturated rings. The van der Waals surface area contributed by atoms with Crippen LogP contribution < -0.4 is 4.90 Å². The normalized spacial score (nSPS) is 14.9. The molecule has 4 aromatic rings. The molecule has 1 aromatic heterocycles. The largest absolute Gasteiger partial charge is 0.342 e. The minimum atomic E-state index is -0.416. The summed E-state index contributed by atoms with van der Waals surface area (Å²) in [6.07, 6.45) is 3.80. The molecular formula is C25H15Cl2N3O3S2. The quantitative estimate of drug-likeness (QED) is 0.115. The first-order chi connectivity index (χ1) is 16.8. The molecule has 1 aliphatic rings. The smallest absolute Gasteiger partial charge is 0.270 e. The van der Waals surface area contributed by atoms with Crippen molar-refractivity contribution in [2.45, 2.75) is 6.54 Å². The van der Waals surface area contributed by atoms with Gasteiger partial charge in [0.1, 0.15) is 0 Å². The Bertz CT molecular complexity index is 1550. The van der Waals surface area contributed by atoms with Gasteiger partial charge in [-0.1, -0.05) is 77.5 Å². The van der Waals surface area contributed by atoms with Crippen LogP contribution in [0.5, 0.6) is 0 Å². The number of carbonyl (C=O) groups is 1. The van der Waals surface area contributed by atoms with Gasteiger partial charge in [-0.15, -0.1) is 0 Å². The van der Waals surface area contributed by atoms with E-state index >= 15 is 0 Å². The third kappa shape index (κ3) is 4.58. The number of carbonyl (C=O) groups excluding carboxylic acids is 1. The molecular weight excluding hydrogens is 525 g/mol. The van der Waals surface area contributed by atoms with Crippen LogP contribution in [0, 0.1) is 10.1 Å². The Balaban J connectivity index is 1.49. The predicted octanol–water partition coefficient (Wildman–Crippen LogP) is 7.31. The predicted molar refractivity (Wildman–Crippen MR) is 146 cm³/mol. The van der Waals surface area contributed by atoms with Crippen molar-refractivity contribution in [3.63, 3.8) is 0 Å². The number of fused-ring (bicyclic) bond motifs is 1. The monoisotopic (exact) mass is 539 g/mol. The minimum absolute atomic E-state index is 0.0506. The number of hydrogen-bond donors (Lipinski definition) is 0. The summed E-state index contributed by atoms with van der Waals surface area (Å²) in [5.41, 5.74) is 3.31. The van der Waals surface area contributed by atoms with Gasteiger partial charge in [-0.3, -0.25) is 19.8 Å². The molecule has 3 aromatic carbocycles. The van der Waals surface area contributed by atoms with Gasteiger partial charge in [-0.05, 0) is 35.9 Å². The molecule has 1 aliphatic heterocycles. The van der Waals surface area contributed by atoms with E-state index in [4.69, 9.17) is 35.4 Å². The number of amides is 1. The molecule has 0 saturated carbocycles. The van der Waals surface area contributed by atoms with Crippen LogP contribution in [0.3, 0.4) is 0 Å². The number of para-hydroxylation sites is 1. The summed E-state index contributed by atoms with van der Waals surface area (Å²) in [5, 5.41) is 12.7. The van der Waals surface area contributed by atoms with E-state index in [9.17, 15) is 14.9 Å². The summed E-state index contributed by atoms with van der Waals surface area (Å²) in [4.78, 5) is 25.7. The van der Waals surface area contributed by atoms with E-state index in [-0.39, 0.29) is 11.6 Å². The van der Waals surface area contributed by atoms with Crippen LogP contribution in [0.25, 0.3) is 17.0 Å². The third-order valence-corrected chi connectivity index (χ3v) is 7.39. The lowest BCUT2D eigenvalue weighted by Gasteiger charge is -2.16. The molecule has 0 radical (unpaired) electrons. The van der Waals surface area contributed by atoms with Crippen molar-refractivity contribution in [3.05, 3.63) is 109 Å². The second-order valence-electron chi connectivity index (χ2n) is 7.77. The van der Waals surface area contributed by atoms with E-state index in [1.165, 1.54) is 28.8 Å². The third-order valence-electron chi connectivity index (χ3n) is 5.55. The highest BCUT2D eigenvalue weighted by Gasteiger charge is 2.34. The summed E-state index contributed by atoms with van der Waals surface area (Å²) in [7, 11) is 0. The Labute approximate surface area is 219 Å². The fourth-order valence-electron chi connectivity index (χ4n) is 3.92. The molecule has 0 unspecified atom stereocenters. The molecule has 0 N–H and O–H groups in total. The Morgan fingerprint density at radius 1 is 1.06 bits per heavy atom. The van der Waals surface area contributed by atoms with Gasteiger partial charge < -0.3 is 4.57 Å². The second-order valence-corrected chi connectivity index (χ2v) is 10.3. The number of rotatable bonds is 5. The molecule has 5 rings (SSSR count). The molecule has 2 heterocycles. The van der Waals surface area contributed by atoms with Crippen molar-refractivity contribution in [3.8, 4) is 0 Å². The topological polar surface area (TPSA) is 68.4 Å². The Morgan fingerprint density at radius 3 is 2.51 bits per heavy atom. The van der Waals surface area contributed by atoms with Crippen molar-refractivity contribution < 1.29 is 9.72 Å². The van der Waals surface area contributed by atoms with Crippen LogP contribution in [0.2, 0.25) is 10.0 Å². The van der Waals surface area contributed by atoms with Gasteiger partial charge in [0, 0.05) is 46.4 Å². The molecule has 0 spiro atoms. The van der Waals surface area contributed by atoms with Gasteiger partial charge in [0.05, 0.1) is 20.5 Å². The molecule has 0 atom stereocenters. The van der Waals surface area contributed by atoms with E-state index in [1.54, 1.807) is 30.3 Å². The van der Waals surface area contributed by atoms with Crippen LogP contribution in [-0.2, 0) is 11.3 Å². The fraction of sp³-hybridized carbons (Fsp3) is 0.0400. The molecule has 0 aliphatic carbocycles. The Morgan fingerprint density at radius 2 is 1.80 bits per heavy atom. The van der Waals surface area contributed by atoms with Crippen LogP contribution >= 0.6 is 47.2 Å². The lowest BCUT2D eigenvalue weighted by atomic mass is 10.1. The molecule has 1 saturated heterocycles. The maximum Gasteiger partial charge on any atom is 0.270 e. The lowest BCUT2D eigenvalue weighted by molar-refractivity contribution is -0.384. The van der Waals surface area contributed by atoms with Crippen LogP contribution in [0.1, 0.15) is 11.1 Å². The number of anilines is 1. The molecule has 0 bridgehead atoms. The van der Waals surface area contributed by atoms with Crippen molar-refractivity contribution in [1.29, 1.82) is 0 Å². The first-order valence-electron chi connectivity index (χ1n) is 10.4. The number of halogens is 2. The number of thioether (sulfide) groups is 1. The van der Waals surface area contributed by atoms with E-state index in [0.717, 1.165) is 22.0 Å². The van der Waals surface area contributed by atoms with Crippen molar-refractivity contribution in [1.82, 2.24) is 4.57 Å². The van der Waals surface area contributed by atoms with Gasteiger partial charge in [0.15, 0.2) is 4.32 Å². The standard InChI is InChI=1S/C25H15Cl2N3O3S2/c26-17-7-10-22(20(27)12-17)29-24(31)23(35-25(29)34)11-16-14-28(21-4-2-1-3-19(16)21)13-15-5-8-18(9-6-15)30(32)33/h1-12,14H,13H2/b23-11+. The molecule has 1 amide bonds. The van der Waals surface area contributed by atoms with Crippen molar-refractivity contribution >= 4 is 85.8 Å². The number of thiocarbonyl (C=S) groups is 1. The average molecular weight is 540 g/mol. The second kappa shape index (κ2) is 9.47. The van der Waals surface area contributed by atoms with Crippen LogP contribution in [0.4, 0.5) is 11.4 Å². The first-order valence-corrected chi connectivity index (χ1v) is 12.3. The van der Waals surface area contributed by atoms with Gasteiger partial charge in [-0.2, -0.15) is 0 Å². The van der Waals surface area contributed by atoms with E-state index in [1.807, 2.05) is 36.5 Å². The maximum atomic E-state index is 13.3. The number of nitro groups is 1. The van der Waals surface area contributed by atoms with E-state index in [2.05, 4.69) is 4.57 Å². The van der Waals surface area contributed by atoms with Crippen LogP contribution in [-0.4, -0.2) is 19.7 Å². The molecule has 174 valence electrons. The zero-order valence-electron chi connectivity index (χ0n) is 17.9. The SMILES string of the molecule is O=C1/C(=C\c2cn(Cc3ccc([N+](=O)[O-])cc3)c3ccccc23)SC(=S)N1c1ccc(Cl)cc1Cl. The fourth-order valence-corrected chi connectivity index (χ4v) is 5.69. The first kappa shape index (κ1) is 23.6. The summed E-state index contributed by atoms with van der Waals surface area (Å²) >= 11 is 19.0. The number of nitrogens with zero attached hydrogens (tertiary/aromatic N) is 3. The van der Waals surface area contributed by atoms with Gasteiger partial charge in [0.2, 0.25) is 0 Å². The van der Waals surface area contributed by atoms with E-state index in [0.29, 0.717) is 31.5 Å². The number of aromatic nitrogens is 1. The minimum Gasteiger partial charge on any atom is -0.342 e. The average Bonchev–Trinajstić information content (AvgIpc) is 3.31. The van der Waals surface area contributed by atoms with Crippen molar-refractivity contribution in [2.75, 3.05) is 4.90 Å². The highest BCUT2D eigenvalue weighted by molar-refractivity contribution is 8.27. The van der Waals surface area contributed by atoms with Gasteiger partial charge in [-0.25, -0.2) is 0 Å². The Hall–Kier alpha value is -3.17. The zero-order valence-corrected chi connectivity index (χ0v) is 21.0. The molecule has 35 heavy (non-hydrogen) atoms.